The number of ether oxygens (including phenoxy) is 2. The van der Waals surface area contributed by atoms with Gasteiger partial charge in [0.05, 0.1) is 11.5 Å². The molecule has 2 fully saturated rings. The monoisotopic (exact) mass is 488 g/mol. The number of carbonyl (C=O) groups excluding carboxylic acids is 2. The van der Waals surface area contributed by atoms with Crippen molar-refractivity contribution in [1.82, 2.24) is 4.90 Å². The van der Waals surface area contributed by atoms with Crippen LogP contribution in [0.25, 0.3) is 11.1 Å². The second kappa shape index (κ2) is 8.68. The summed E-state index contributed by atoms with van der Waals surface area (Å²) in [7, 11) is 0. The Morgan fingerprint density at radius 1 is 1.03 bits per heavy atom. The third-order valence-electron chi connectivity index (χ3n) is 7.50. The van der Waals surface area contributed by atoms with Crippen molar-refractivity contribution in [2.75, 3.05) is 25.2 Å². The van der Waals surface area contributed by atoms with Crippen molar-refractivity contribution >= 4 is 17.5 Å². The number of likely N-dealkylation sites (tertiary alicyclic amines) is 1. The van der Waals surface area contributed by atoms with Gasteiger partial charge in [-0.1, -0.05) is 24.3 Å². The van der Waals surface area contributed by atoms with Gasteiger partial charge in [-0.25, -0.2) is 0 Å². The number of aryl methyl sites for hydroxylation is 1. The van der Waals surface area contributed by atoms with E-state index in [0.29, 0.717) is 36.6 Å². The molecule has 3 aromatic carbocycles. The molecular weight excluding hydrogens is 456 g/mol. The van der Waals surface area contributed by atoms with Crippen molar-refractivity contribution in [3.8, 4) is 22.6 Å². The Hall–Kier alpha value is -3.84. The van der Waals surface area contributed by atoms with E-state index in [9.17, 15) is 14.7 Å². The van der Waals surface area contributed by atoms with Crippen LogP contribution in [0.15, 0.2) is 60.7 Å². The molecule has 6 rings (SSSR count). The van der Waals surface area contributed by atoms with Crippen LogP contribution in [0.3, 0.4) is 0 Å². The molecule has 3 aliphatic rings. The lowest BCUT2D eigenvalue weighted by Crippen LogP contribution is -2.29. The first-order valence-electron chi connectivity index (χ1n) is 12.3. The van der Waals surface area contributed by atoms with Crippen LogP contribution < -0.4 is 14.8 Å². The number of carbonyl (C=O) groups is 2. The number of β-amino-alcohol motifs (C(OH)–C–C–N with tert-alkyl or cyclic N) is 1. The van der Waals surface area contributed by atoms with Crippen molar-refractivity contribution in [2.45, 2.75) is 37.7 Å². The molecule has 0 unspecified atom stereocenters. The van der Waals surface area contributed by atoms with Gasteiger partial charge in [0, 0.05) is 27.2 Å². The van der Waals surface area contributed by atoms with E-state index < -0.39 is 11.5 Å². The maximum atomic E-state index is 13.4. The summed E-state index contributed by atoms with van der Waals surface area (Å²) in [6.45, 7) is 3.20. The molecule has 0 spiro atoms. The number of aliphatic hydroxyl groups is 1. The fourth-order valence-corrected chi connectivity index (χ4v) is 5.13. The third kappa shape index (κ3) is 3.99. The summed E-state index contributed by atoms with van der Waals surface area (Å²) >= 11 is 0. The van der Waals surface area contributed by atoms with Gasteiger partial charge in [-0.3, -0.25) is 9.59 Å². The van der Waals surface area contributed by atoms with Crippen LogP contribution in [-0.4, -0.2) is 47.8 Å². The molecule has 1 saturated carbocycles. The molecule has 0 bridgehead atoms. The van der Waals surface area contributed by atoms with E-state index in [4.69, 9.17) is 9.47 Å². The zero-order chi connectivity index (χ0) is 24.9. The molecule has 0 radical (unpaired) electrons. The van der Waals surface area contributed by atoms with Gasteiger partial charge >= 0.3 is 0 Å². The Kier molecular flexibility index (Phi) is 5.45. The van der Waals surface area contributed by atoms with Gasteiger partial charge in [-0.2, -0.15) is 0 Å². The molecule has 2 amide bonds. The van der Waals surface area contributed by atoms with Gasteiger partial charge in [0.15, 0.2) is 11.5 Å². The van der Waals surface area contributed by atoms with Crippen molar-refractivity contribution in [3.05, 3.63) is 77.4 Å². The van der Waals surface area contributed by atoms with Crippen molar-refractivity contribution in [2.24, 2.45) is 0 Å². The van der Waals surface area contributed by atoms with Crippen LogP contribution in [0.4, 0.5) is 5.69 Å². The lowest BCUT2D eigenvalue weighted by molar-refractivity contribution is -0.118. The van der Waals surface area contributed by atoms with Crippen LogP contribution in [0, 0.1) is 6.92 Å². The summed E-state index contributed by atoms with van der Waals surface area (Å²) in [6, 6.07) is 19.2. The normalized spacial score (nSPS) is 19.3. The Morgan fingerprint density at radius 2 is 1.81 bits per heavy atom. The number of aliphatic hydroxyl groups excluding tert-OH is 1. The Balaban J connectivity index is 0.00000168. The second-order valence-corrected chi connectivity index (χ2v) is 9.90. The minimum absolute atomic E-state index is 0. The molecular formula is C29H32N2O5. The summed E-state index contributed by atoms with van der Waals surface area (Å²) < 4.78 is 10.9. The summed E-state index contributed by atoms with van der Waals surface area (Å²) in [5.74, 6) is 1.31. The topological polar surface area (TPSA) is 88.1 Å². The number of nitrogens with one attached hydrogen (secondary N) is 1. The lowest BCUT2D eigenvalue weighted by atomic mass is 9.94. The van der Waals surface area contributed by atoms with Crippen molar-refractivity contribution in [1.29, 1.82) is 0 Å². The number of amides is 2. The zero-order valence-corrected chi connectivity index (χ0v) is 20.1. The minimum Gasteiger partial charge on any atom is -0.454 e. The van der Waals surface area contributed by atoms with Crippen LogP contribution in [0.2, 0.25) is 0 Å². The number of hydrogen-bond donors (Lipinski definition) is 2. The lowest BCUT2D eigenvalue weighted by Gasteiger charge is -2.18. The number of benzene rings is 3. The molecule has 1 aliphatic carbocycles. The summed E-state index contributed by atoms with van der Waals surface area (Å²) in [4.78, 5) is 27.8. The molecule has 188 valence electrons. The zero-order valence-electron chi connectivity index (χ0n) is 20.1. The minimum atomic E-state index is -0.544. The van der Waals surface area contributed by atoms with E-state index in [2.05, 4.69) is 5.32 Å². The molecule has 7 heteroatoms. The van der Waals surface area contributed by atoms with Crippen molar-refractivity contribution < 1.29 is 27.0 Å². The van der Waals surface area contributed by atoms with Crippen LogP contribution in [0.5, 0.6) is 11.5 Å². The van der Waals surface area contributed by atoms with Crippen LogP contribution in [0.1, 0.15) is 43.6 Å². The van der Waals surface area contributed by atoms with Gasteiger partial charge in [0.1, 0.15) is 0 Å². The number of anilines is 1. The van der Waals surface area contributed by atoms with Gasteiger partial charge in [-0.05, 0) is 84.8 Å². The number of hydrogen-bond acceptors (Lipinski definition) is 5. The fourth-order valence-electron chi connectivity index (χ4n) is 5.13. The van der Waals surface area contributed by atoms with Gasteiger partial charge in [-0.15, -0.1) is 0 Å². The SMILES string of the molecule is Cc1ccc(NC(=O)C2(c3ccc4c(c3)OCO4)CC2)cc1-c1ccc(C(=O)N2CC[C@@H](O)C2)cc1.[HH].[HH]. The summed E-state index contributed by atoms with van der Waals surface area (Å²) in [6.07, 6.45) is 1.77. The van der Waals surface area contributed by atoms with Crippen LogP contribution in [-0.2, 0) is 10.2 Å². The molecule has 0 aromatic heterocycles. The molecule has 36 heavy (non-hydrogen) atoms. The standard InChI is InChI=1S/C29H28N2O5.2H2/c1-18-2-8-22(30-28(34)29(11-12-29)21-7-9-25-26(14-21)36-17-35-25)15-24(18)19-3-5-20(6-4-19)27(33)31-13-10-23(32)16-31;;/h2-9,14-15,23,32H,10-13,16-17H2,1H3,(H,30,34);2*1H/t23-;;/m1../s1. The maximum Gasteiger partial charge on any atom is 0.253 e. The Labute approximate surface area is 212 Å². The third-order valence-corrected chi connectivity index (χ3v) is 7.50. The highest BCUT2D eigenvalue weighted by molar-refractivity contribution is 6.02. The summed E-state index contributed by atoms with van der Waals surface area (Å²) in [5, 5.41) is 12.9. The Morgan fingerprint density at radius 3 is 2.53 bits per heavy atom. The first kappa shape index (κ1) is 22.6. The average Bonchev–Trinajstić information content (AvgIpc) is 3.37. The van der Waals surface area contributed by atoms with Gasteiger partial charge in [0.2, 0.25) is 12.7 Å². The van der Waals surface area contributed by atoms with E-state index in [1.165, 1.54) is 0 Å². The summed E-state index contributed by atoms with van der Waals surface area (Å²) in [5.41, 5.74) is 4.79. The molecule has 7 nitrogen and oxygen atoms in total. The highest BCUT2D eigenvalue weighted by Crippen LogP contribution is 2.51. The molecule has 2 heterocycles. The molecule has 2 aliphatic heterocycles. The van der Waals surface area contributed by atoms with Gasteiger partial charge in [0.25, 0.3) is 5.91 Å². The molecule has 2 N–H and O–H groups in total. The number of nitrogens with zero attached hydrogens (tertiary/aromatic N) is 1. The van der Waals surface area contributed by atoms with E-state index in [0.717, 1.165) is 40.8 Å². The van der Waals surface area contributed by atoms with E-state index >= 15 is 0 Å². The Bertz CT molecular complexity index is 1360. The maximum absolute atomic E-state index is 13.4. The van der Waals surface area contributed by atoms with Gasteiger partial charge < -0.3 is 24.8 Å². The first-order chi connectivity index (χ1) is 17.4. The predicted molar refractivity (Wildman–Crippen MR) is 139 cm³/mol. The van der Waals surface area contributed by atoms with E-state index in [-0.39, 0.29) is 21.5 Å². The smallest absolute Gasteiger partial charge is 0.253 e. The number of fused-ring (bicyclic) bond motifs is 1. The fraction of sp³-hybridized carbons (Fsp3) is 0.310. The van der Waals surface area contributed by atoms with Crippen molar-refractivity contribution in [3.63, 3.8) is 0 Å². The largest absolute Gasteiger partial charge is 0.454 e. The second-order valence-electron chi connectivity index (χ2n) is 9.90. The molecule has 1 saturated heterocycles. The molecule has 1 atom stereocenters. The predicted octanol–water partition coefficient (Wildman–Crippen LogP) is 4.76. The van der Waals surface area contributed by atoms with E-state index in [1.807, 2.05) is 67.6 Å². The highest BCUT2D eigenvalue weighted by Gasteiger charge is 2.51. The average molecular weight is 489 g/mol. The highest BCUT2D eigenvalue weighted by atomic mass is 16.7. The molecule has 3 aromatic rings. The number of rotatable bonds is 5. The quantitative estimate of drug-likeness (QED) is 0.541. The van der Waals surface area contributed by atoms with E-state index in [1.54, 1.807) is 4.90 Å². The first-order valence-corrected chi connectivity index (χ1v) is 12.3. The van der Waals surface area contributed by atoms with Crippen LogP contribution >= 0.6 is 0 Å².